The normalized spacial score (nSPS) is 17.7. The van der Waals surface area contributed by atoms with Gasteiger partial charge in [0.1, 0.15) is 18.1 Å². The highest BCUT2D eigenvalue weighted by Gasteiger charge is 2.25. The van der Waals surface area contributed by atoms with Crippen LogP contribution >= 0.6 is 0 Å². The van der Waals surface area contributed by atoms with Crippen LogP contribution in [0.1, 0.15) is 24.0 Å². The number of rotatable bonds is 7. The second-order valence-electron chi connectivity index (χ2n) is 6.69. The van der Waals surface area contributed by atoms with Gasteiger partial charge in [0.2, 0.25) is 0 Å². The molecule has 0 aromatic heterocycles. The molecule has 5 nitrogen and oxygen atoms in total. The van der Waals surface area contributed by atoms with E-state index in [4.69, 9.17) is 9.47 Å². The third-order valence-corrected chi connectivity index (χ3v) is 4.75. The standard InChI is InChI=1S/C21H25NO4/c1-25-19-8-6-17(7-9-19)15-26-20-10-4-16(5-11-20)13-22-12-2-3-18(14-22)21(23)24/h4-11,18H,2-3,12-15H2,1H3,(H,23,24). The predicted octanol–water partition coefficient (Wildman–Crippen LogP) is 3.57. The van der Waals surface area contributed by atoms with Crippen LogP contribution in [0, 0.1) is 5.92 Å². The topological polar surface area (TPSA) is 59.0 Å². The lowest BCUT2D eigenvalue weighted by Crippen LogP contribution is -2.38. The number of methoxy groups -OCH3 is 1. The van der Waals surface area contributed by atoms with Gasteiger partial charge in [-0.25, -0.2) is 0 Å². The number of aliphatic carboxylic acids is 1. The zero-order chi connectivity index (χ0) is 18.4. The van der Waals surface area contributed by atoms with Gasteiger partial charge in [0.15, 0.2) is 0 Å². The summed E-state index contributed by atoms with van der Waals surface area (Å²) in [5, 5.41) is 9.19. The van der Waals surface area contributed by atoms with E-state index in [9.17, 15) is 9.90 Å². The molecule has 0 radical (unpaired) electrons. The molecular formula is C21H25NO4. The van der Waals surface area contributed by atoms with Crippen molar-refractivity contribution in [1.82, 2.24) is 4.90 Å². The molecule has 26 heavy (non-hydrogen) atoms. The van der Waals surface area contributed by atoms with Gasteiger partial charge in [-0.15, -0.1) is 0 Å². The fourth-order valence-electron chi connectivity index (χ4n) is 3.24. The van der Waals surface area contributed by atoms with Gasteiger partial charge in [-0.1, -0.05) is 24.3 Å². The highest BCUT2D eigenvalue weighted by Crippen LogP contribution is 2.21. The van der Waals surface area contributed by atoms with Crippen molar-refractivity contribution in [3.8, 4) is 11.5 Å². The lowest BCUT2D eigenvalue weighted by atomic mass is 9.98. The maximum absolute atomic E-state index is 11.2. The molecule has 3 rings (SSSR count). The van der Waals surface area contributed by atoms with Crippen LogP contribution < -0.4 is 9.47 Å². The lowest BCUT2D eigenvalue weighted by Gasteiger charge is -2.30. The number of hydrogen-bond acceptors (Lipinski definition) is 4. The summed E-state index contributed by atoms with van der Waals surface area (Å²) >= 11 is 0. The van der Waals surface area contributed by atoms with Crippen molar-refractivity contribution in [2.45, 2.75) is 26.0 Å². The van der Waals surface area contributed by atoms with Crippen LogP contribution in [0.15, 0.2) is 48.5 Å². The van der Waals surface area contributed by atoms with Crippen molar-refractivity contribution in [2.24, 2.45) is 5.92 Å². The van der Waals surface area contributed by atoms with Crippen molar-refractivity contribution in [3.63, 3.8) is 0 Å². The van der Waals surface area contributed by atoms with Crippen LogP contribution in [0.3, 0.4) is 0 Å². The molecule has 2 aromatic carbocycles. The third kappa shape index (κ3) is 4.99. The van der Waals surface area contributed by atoms with E-state index in [1.807, 2.05) is 48.5 Å². The van der Waals surface area contributed by atoms with Gasteiger partial charge in [-0.3, -0.25) is 9.69 Å². The summed E-state index contributed by atoms with van der Waals surface area (Å²) in [6.07, 6.45) is 1.73. The first-order valence-electron chi connectivity index (χ1n) is 8.94. The summed E-state index contributed by atoms with van der Waals surface area (Å²) in [5.41, 5.74) is 2.26. The zero-order valence-electron chi connectivity index (χ0n) is 15.1. The van der Waals surface area contributed by atoms with E-state index in [0.717, 1.165) is 43.0 Å². The van der Waals surface area contributed by atoms with E-state index in [1.165, 1.54) is 5.56 Å². The van der Waals surface area contributed by atoms with Crippen molar-refractivity contribution in [3.05, 3.63) is 59.7 Å². The van der Waals surface area contributed by atoms with Crippen LogP contribution in [-0.2, 0) is 17.9 Å². The molecule has 0 amide bonds. The zero-order valence-corrected chi connectivity index (χ0v) is 15.1. The molecule has 1 heterocycles. The van der Waals surface area contributed by atoms with Gasteiger partial charge in [0.05, 0.1) is 13.0 Å². The predicted molar refractivity (Wildman–Crippen MR) is 99.4 cm³/mol. The van der Waals surface area contributed by atoms with E-state index in [-0.39, 0.29) is 5.92 Å². The van der Waals surface area contributed by atoms with E-state index in [1.54, 1.807) is 7.11 Å². The average Bonchev–Trinajstić information content (AvgIpc) is 2.68. The molecule has 1 unspecified atom stereocenters. The van der Waals surface area contributed by atoms with Crippen LogP contribution in [0.5, 0.6) is 11.5 Å². The van der Waals surface area contributed by atoms with Gasteiger partial charge in [0.25, 0.3) is 0 Å². The number of carbonyl (C=O) groups is 1. The Morgan fingerprint density at radius 3 is 2.38 bits per heavy atom. The third-order valence-electron chi connectivity index (χ3n) is 4.75. The number of carboxylic acid groups (broad SMARTS) is 1. The molecule has 138 valence electrons. The average molecular weight is 355 g/mol. The number of likely N-dealkylation sites (tertiary alicyclic amines) is 1. The molecule has 2 aromatic rings. The smallest absolute Gasteiger partial charge is 0.307 e. The van der Waals surface area contributed by atoms with E-state index in [2.05, 4.69) is 4.90 Å². The Morgan fingerprint density at radius 1 is 1.08 bits per heavy atom. The fourth-order valence-corrected chi connectivity index (χ4v) is 3.24. The number of nitrogens with zero attached hydrogens (tertiary/aromatic N) is 1. The maximum atomic E-state index is 11.2. The number of piperidine rings is 1. The van der Waals surface area contributed by atoms with Crippen LogP contribution in [0.2, 0.25) is 0 Å². The molecule has 0 spiro atoms. The fraction of sp³-hybridized carbons (Fsp3) is 0.381. The lowest BCUT2D eigenvalue weighted by molar-refractivity contribution is -0.143. The summed E-state index contributed by atoms with van der Waals surface area (Å²) < 4.78 is 11.0. The second kappa shape index (κ2) is 8.72. The molecule has 0 saturated carbocycles. The minimum Gasteiger partial charge on any atom is -0.497 e. The minimum atomic E-state index is -0.683. The summed E-state index contributed by atoms with van der Waals surface area (Å²) in [7, 11) is 1.65. The second-order valence-corrected chi connectivity index (χ2v) is 6.69. The Bertz CT molecular complexity index is 712. The first-order chi connectivity index (χ1) is 12.6. The number of hydrogen-bond donors (Lipinski definition) is 1. The van der Waals surface area contributed by atoms with Crippen molar-refractivity contribution < 1.29 is 19.4 Å². The molecule has 1 atom stereocenters. The van der Waals surface area contributed by atoms with Gasteiger partial charge < -0.3 is 14.6 Å². The monoisotopic (exact) mass is 355 g/mol. The summed E-state index contributed by atoms with van der Waals surface area (Å²) in [6.45, 7) is 2.88. The van der Waals surface area contributed by atoms with Gasteiger partial charge in [-0.2, -0.15) is 0 Å². The Hall–Kier alpha value is -2.53. The minimum absolute atomic E-state index is 0.240. The van der Waals surface area contributed by atoms with Crippen LogP contribution in [0.25, 0.3) is 0 Å². The molecule has 1 N–H and O–H groups in total. The van der Waals surface area contributed by atoms with Crippen LogP contribution in [-0.4, -0.2) is 36.2 Å². The molecule has 1 fully saturated rings. The number of carboxylic acids is 1. The number of ether oxygens (including phenoxy) is 2. The Labute approximate surface area is 154 Å². The molecule has 0 aliphatic carbocycles. The maximum Gasteiger partial charge on any atom is 0.307 e. The largest absolute Gasteiger partial charge is 0.497 e. The van der Waals surface area contributed by atoms with Gasteiger partial charge in [-0.05, 0) is 54.8 Å². The van der Waals surface area contributed by atoms with Crippen molar-refractivity contribution >= 4 is 5.97 Å². The highest BCUT2D eigenvalue weighted by atomic mass is 16.5. The quantitative estimate of drug-likeness (QED) is 0.823. The summed E-state index contributed by atoms with van der Waals surface area (Å²) in [6, 6.07) is 15.9. The molecule has 1 aliphatic heterocycles. The SMILES string of the molecule is COc1ccc(COc2ccc(CN3CCCC(C(=O)O)C3)cc2)cc1. The first-order valence-corrected chi connectivity index (χ1v) is 8.94. The van der Waals surface area contributed by atoms with E-state index < -0.39 is 5.97 Å². The Balaban J connectivity index is 1.50. The summed E-state index contributed by atoms with van der Waals surface area (Å²) in [4.78, 5) is 13.4. The van der Waals surface area contributed by atoms with E-state index >= 15 is 0 Å². The Kier molecular flexibility index (Phi) is 6.12. The highest BCUT2D eigenvalue weighted by molar-refractivity contribution is 5.70. The molecule has 0 bridgehead atoms. The molecular weight excluding hydrogens is 330 g/mol. The first kappa shape index (κ1) is 18.3. The van der Waals surface area contributed by atoms with Crippen LogP contribution in [0.4, 0.5) is 0 Å². The Morgan fingerprint density at radius 2 is 1.73 bits per heavy atom. The van der Waals surface area contributed by atoms with Gasteiger partial charge in [0, 0.05) is 13.1 Å². The van der Waals surface area contributed by atoms with Crippen molar-refractivity contribution in [1.29, 1.82) is 0 Å². The molecule has 1 aliphatic rings. The molecule has 5 heteroatoms. The van der Waals surface area contributed by atoms with Gasteiger partial charge >= 0.3 is 5.97 Å². The summed E-state index contributed by atoms with van der Waals surface area (Å²) in [5.74, 6) is 0.736. The molecule has 1 saturated heterocycles. The number of benzene rings is 2. The van der Waals surface area contributed by atoms with Crippen molar-refractivity contribution in [2.75, 3.05) is 20.2 Å². The van der Waals surface area contributed by atoms with E-state index in [0.29, 0.717) is 13.2 Å².